The van der Waals surface area contributed by atoms with Crippen molar-refractivity contribution in [3.8, 4) is 0 Å². The van der Waals surface area contributed by atoms with Gasteiger partial charge in [-0.25, -0.2) is 18.4 Å². The van der Waals surface area contributed by atoms with Gasteiger partial charge in [0.25, 0.3) is 0 Å². The summed E-state index contributed by atoms with van der Waals surface area (Å²) in [5.41, 5.74) is 0.807. The molecule has 0 aromatic heterocycles. The summed E-state index contributed by atoms with van der Waals surface area (Å²) in [6, 6.07) is 2.73. The van der Waals surface area contributed by atoms with E-state index in [1.807, 2.05) is 0 Å². The van der Waals surface area contributed by atoms with Crippen molar-refractivity contribution in [1.29, 1.82) is 0 Å². The van der Waals surface area contributed by atoms with Crippen LogP contribution in [0.2, 0.25) is 0 Å². The molecule has 0 spiro atoms. The zero-order valence-electron chi connectivity index (χ0n) is 9.36. The molecule has 0 aliphatic carbocycles. The Morgan fingerprint density at radius 2 is 2.06 bits per heavy atom. The van der Waals surface area contributed by atoms with Crippen LogP contribution in [-0.4, -0.2) is 21.0 Å². The van der Waals surface area contributed by atoms with Crippen molar-refractivity contribution in [3.63, 3.8) is 0 Å². The van der Waals surface area contributed by atoms with Gasteiger partial charge >= 0.3 is 5.97 Å². The Kier molecular flexibility index (Phi) is 4.29. The summed E-state index contributed by atoms with van der Waals surface area (Å²) in [5, 5.41) is 5.04. The van der Waals surface area contributed by atoms with E-state index in [4.69, 9.17) is 9.88 Å². The Bertz CT molecular complexity index is 554. The highest BCUT2D eigenvalue weighted by atomic mass is 79.9. The van der Waals surface area contributed by atoms with E-state index in [2.05, 4.69) is 15.9 Å². The van der Waals surface area contributed by atoms with Crippen molar-refractivity contribution in [2.45, 2.75) is 18.7 Å². The van der Waals surface area contributed by atoms with Crippen LogP contribution in [0.1, 0.15) is 22.8 Å². The minimum Gasteiger partial charge on any atom is -0.462 e. The van der Waals surface area contributed by atoms with E-state index in [-0.39, 0.29) is 16.0 Å². The normalized spacial score (nSPS) is 11.3. The molecule has 94 valence electrons. The molecule has 0 saturated heterocycles. The maximum absolute atomic E-state index is 11.6. The van der Waals surface area contributed by atoms with E-state index in [1.54, 1.807) is 13.8 Å². The number of halogens is 1. The molecule has 7 heteroatoms. The number of rotatable bonds is 3. The molecule has 0 amide bonds. The minimum atomic E-state index is -3.81. The standard InChI is InChI=1S/C10H12BrNO4S/c1-3-16-10(13)7-5-8(11)9(4-6(7)2)17(12,14)15/h4-5H,3H2,1-2H3,(H2,12,14,15). The molecule has 0 aliphatic heterocycles. The van der Waals surface area contributed by atoms with Crippen LogP contribution in [0, 0.1) is 6.92 Å². The quantitative estimate of drug-likeness (QED) is 0.856. The largest absolute Gasteiger partial charge is 0.462 e. The topological polar surface area (TPSA) is 86.5 Å². The summed E-state index contributed by atoms with van der Waals surface area (Å²) in [6.07, 6.45) is 0. The second kappa shape index (κ2) is 5.16. The van der Waals surface area contributed by atoms with Crippen molar-refractivity contribution < 1.29 is 17.9 Å². The van der Waals surface area contributed by atoms with Crippen LogP contribution in [0.15, 0.2) is 21.5 Å². The number of carbonyl (C=O) groups is 1. The fraction of sp³-hybridized carbons (Fsp3) is 0.300. The molecule has 0 bridgehead atoms. The molecule has 17 heavy (non-hydrogen) atoms. The third-order valence-corrected chi connectivity index (χ3v) is 3.95. The predicted octanol–water partition coefficient (Wildman–Crippen LogP) is 1.58. The van der Waals surface area contributed by atoms with E-state index in [0.717, 1.165) is 0 Å². The Morgan fingerprint density at radius 1 is 1.47 bits per heavy atom. The lowest BCUT2D eigenvalue weighted by Crippen LogP contribution is -2.15. The predicted molar refractivity (Wildman–Crippen MR) is 66.2 cm³/mol. The number of nitrogens with two attached hydrogens (primary N) is 1. The molecule has 0 fully saturated rings. The van der Waals surface area contributed by atoms with Crippen LogP contribution in [0.25, 0.3) is 0 Å². The molecule has 0 unspecified atom stereocenters. The number of aryl methyl sites for hydroxylation is 1. The molecular formula is C10H12BrNO4S. The number of benzene rings is 1. The summed E-state index contributed by atoms with van der Waals surface area (Å²) >= 11 is 3.07. The molecule has 2 N–H and O–H groups in total. The van der Waals surface area contributed by atoms with Crippen LogP contribution in [0.3, 0.4) is 0 Å². The maximum Gasteiger partial charge on any atom is 0.338 e. The molecule has 0 aliphatic rings. The van der Waals surface area contributed by atoms with Gasteiger partial charge in [0.15, 0.2) is 0 Å². The molecule has 0 heterocycles. The van der Waals surface area contributed by atoms with Gasteiger partial charge in [-0.15, -0.1) is 0 Å². The monoisotopic (exact) mass is 321 g/mol. The first-order chi connectivity index (χ1) is 7.77. The average Bonchev–Trinajstić information content (AvgIpc) is 2.19. The van der Waals surface area contributed by atoms with Crippen molar-refractivity contribution in [1.82, 2.24) is 0 Å². The lowest BCUT2D eigenvalue weighted by molar-refractivity contribution is 0.0525. The number of carbonyl (C=O) groups excluding carboxylic acids is 1. The first-order valence-corrected chi connectivity index (χ1v) is 7.11. The van der Waals surface area contributed by atoms with Gasteiger partial charge in [0, 0.05) is 4.47 Å². The van der Waals surface area contributed by atoms with Gasteiger partial charge < -0.3 is 4.74 Å². The smallest absolute Gasteiger partial charge is 0.338 e. The summed E-state index contributed by atoms with van der Waals surface area (Å²) in [7, 11) is -3.81. The number of hydrogen-bond acceptors (Lipinski definition) is 4. The van der Waals surface area contributed by atoms with Crippen molar-refractivity contribution in [2.24, 2.45) is 5.14 Å². The third-order valence-electron chi connectivity index (χ3n) is 2.08. The number of esters is 1. The van der Waals surface area contributed by atoms with Crippen LogP contribution in [0.5, 0.6) is 0 Å². The number of sulfonamides is 1. The average molecular weight is 322 g/mol. The highest BCUT2D eigenvalue weighted by Crippen LogP contribution is 2.25. The summed E-state index contributed by atoms with van der Waals surface area (Å²) in [4.78, 5) is 11.5. The van der Waals surface area contributed by atoms with Crippen molar-refractivity contribution >= 4 is 31.9 Å². The van der Waals surface area contributed by atoms with Gasteiger partial charge in [-0.1, -0.05) is 0 Å². The lowest BCUT2D eigenvalue weighted by atomic mass is 10.1. The van der Waals surface area contributed by atoms with Crippen LogP contribution in [-0.2, 0) is 14.8 Å². The van der Waals surface area contributed by atoms with Gasteiger partial charge in [0.05, 0.1) is 17.1 Å². The van der Waals surface area contributed by atoms with Crippen LogP contribution >= 0.6 is 15.9 Å². The molecule has 0 saturated carbocycles. The fourth-order valence-corrected chi connectivity index (χ4v) is 2.99. The van der Waals surface area contributed by atoms with Gasteiger partial charge in [0.1, 0.15) is 0 Å². The Balaban J connectivity index is 3.33. The zero-order valence-corrected chi connectivity index (χ0v) is 11.8. The molecule has 1 rings (SSSR count). The van der Waals surface area contributed by atoms with E-state index < -0.39 is 16.0 Å². The highest BCUT2D eigenvalue weighted by Gasteiger charge is 2.18. The van der Waals surface area contributed by atoms with E-state index in [9.17, 15) is 13.2 Å². The Labute approximate surface area is 108 Å². The minimum absolute atomic E-state index is 0.0527. The number of ether oxygens (including phenoxy) is 1. The van der Waals surface area contributed by atoms with Gasteiger partial charge in [0.2, 0.25) is 10.0 Å². The zero-order chi connectivity index (χ0) is 13.2. The number of hydrogen-bond donors (Lipinski definition) is 1. The Hall–Kier alpha value is -0.920. The second-order valence-electron chi connectivity index (χ2n) is 3.36. The fourth-order valence-electron chi connectivity index (χ4n) is 1.30. The van der Waals surface area contributed by atoms with Gasteiger partial charge in [-0.05, 0) is 47.5 Å². The summed E-state index contributed by atoms with van der Waals surface area (Å²) in [5.74, 6) is -0.494. The molecule has 0 atom stereocenters. The first-order valence-electron chi connectivity index (χ1n) is 4.77. The number of primary sulfonamides is 1. The maximum atomic E-state index is 11.6. The molecule has 0 radical (unpaired) electrons. The van der Waals surface area contributed by atoms with E-state index in [0.29, 0.717) is 11.1 Å². The SMILES string of the molecule is CCOC(=O)c1cc(Br)c(S(N)(=O)=O)cc1C. The third kappa shape index (κ3) is 3.27. The van der Waals surface area contributed by atoms with Crippen molar-refractivity contribution in [2.75, 3.05) is 6.61 Å². The van der Waals surface area contributed by atoms with Crippen LogP contribution < -0.4 is 5.14 Å². The molecular weight excluding hydrogens is 310 g/mol. The summed E-state index contributed by atoms with van der Waals surface area (Å²) in [6.45, 7) is 3.57. The summed E-state index contributed by atoms with van der Waals surface area (Å²) < 4.78 is 27.6. The van der Waals surface area contributed by atoms with Crippen LogP contribution in [0.4, 0.5) is 0 Å². The molecule has 5 nitrogen and oxygen atoms in total. The molecule has 1 aromatic rings. The van der Waals surface area contributed by atoms with Crippen molar-refractivity contribution in [3.05, 3.63) is 27.7 Å². The first kappa shape index (κ1) is 14.1. The van der Waals surface area contributed by atoms with Gasteiger partial charge in [-0.2, -0.15) is 0 Å². The van der Waals surface area contributed by atoms with E-state index in [1.165, 1.54) is 12.1 Å². The Morgan fingerprint density at radius 3 is 2.53 bits per heavy atom. The molecule has 1 aromatic carbocycles. The van der Waals surface area contributed by atoms with E-state index >= 15 is 0 Å². The second-order valence-corrected chi connectivity index (χ2v) is 5.75. The lowest BCUT2D eigenvalue weighted by Gasteiger charge is -2.09. The highest BCUT2D eigenvalue weighted by molar-refractivity contribution is 9.10. The van der Waals surface area contributed by atoms with Gasteiger partial charge in [-0.3, -0.25) is 0 Å².